The fourth-order valence-electron chi connectivity index (χ4n) is 2.81. The number of aliphatic carboxylic acids is 1. The van der Waals surface area contributed by atoms with Crippen LogP contribution in [0.4, 0.5) is 0 Å². The third-order valence-corrected chi connectivity index (χ3v) is 5.60. The molecular weight excluding hydrogens is 400 g/mol. The summed E-state index contributed by atoms with van der Waals surface area (Å²) < 4.78 is 6.23. The van der Waals surface area contributed by atoms with Crippen LogP contribution < -0.4 is 5.32 Å². The molecule has 1 saturated heterocycles. The number of fused-ring (bicyclic) bond motifs is 1. The first-order chi connectivity index (χ1) is 12.7. The molecule has 2 amide bonds. The number of carbonyl (C=O) groups excluding carboxylic acids is 3. The Morgan fingerprint density at radius 1 is 1.48 bits per heavy atom. The predicted molar refractivity (Wildman–Crippen MR) is 93.9 cm³/mol. The van der Waals surface area contributed by atoms with Crippen LogP contribution in [0.15, 0.2) is 17.5 Å². The van der Waals surface area contributed by atoms with Crippen molar-refractivity contribution in [2.24, 2.45) is 7.05 Å². The molecule has 2 aliphatic rings. The smallest absolute Gasteiger partial charge is 0.352 e. The van der Waals surface area contributed by atoms with E-state index in [9.17, 15) is 24.3 Å². The molecule has 3 heterocycles. The fraction of sp³-hybridized carbons (Fsp3) is 0.400. The van der Waals surface area contributed by atoms with Crippen LogP contribution >= 0.6 is 23.4 Å². The van der Waals surface area contributed by atoms with Gasteiger partial charge in [-0.05, 0) is 0 Å². The van der Waals surface area contributed by atoms with Crippen LogP contribution in [0.3, 0.4) is 0 Å². The van der Waals surface area contributed by atoms with Crippen LogP contribution in [0.25, 0.3) is 0 Å². The van der Waals surface area contributed by atoms with Crippen molar-refractivity contribution in [3.8, 4) is 0 Å². The number of amides is 2. The zero-order valence-corrected chi connectivity index (χ0v) is 15.8. The number of hydrogen-bond acceptors (Lipinski definition) is 7. The number of rotatable bonds is 5. The Labute approximate surface area is 162 Å². The van der Waals surface area contributed by atoms with E-state index in [0.29, 0.717) is 5.57 Å². The lowest BCUT2D eigenvalue weighted by Crippen LogP contribution is -2.70. The minimum absolute atomic E-state index is 0.0178. The van der Waals surface area contributed by atoms with E-state index in [4.69, 9.17) is 16.3 Å². The van der Waals surface area contributed by atoms with Crippen molar-refractivity contribution < 1.29 is 29.0 Å². The van der Waals surface area contributed by atoms with E-state index >= 15 is 0 Å². The first-order valence-electron chi connectivity index (χ1n) is 7.74. The Bertz CT molecular complexity index is 882. The molecule has 2 atom stereocenters. The van der Waals surface area contributed by atoms with Crippen LogP contribution in [0.1, 0.15) is 17.4 Å². The number of nitrogens with zero attached hydrogens (tertiary/aromatic N) is 3. The first kappa shape index (κ1) is 19.2. The molecule has 144 valence electrons. The van der Waals surface area contributed by atoms with Crippen molar-refractivity contribution in [3.05, 3.63) is 28.2 Å². The number of carbonyl (C=O) groups is 4. The number of carboxylic acids is 1. The molecule has 2 N–H and O–H groups in total. The van der Waals surface area contributed by atoms with Crippen molar-refractivity contribution in [2.45, 2.75) is 18.3 Å². The number of thioether (sulfide) groups is 1. The molecule has 0 bridgehead atoms. The summed E-state index contributed by atoms with van der Waals surface area (Å²) in [6, 6.07) is -0.898. The molecule has 1 aromatic rings. The largest absolute Gasteiger partial charge is 0.477 e. The monoisotopic (exact) mass is 414 g/mol. The second kappa shape index (κ2) is 7.24. The Morgan fingerprint density at radius 2 is 2.19 bits per heavy atom. The van der Waals surface area contributed by atoms with E-state index in [1.807, 2.05) is 0 Å². The summed E-state index contributed by atoms with van der Waals surface area (Å²) in [5.41, 5.74) is 0.0898. The molecule has 10 nitrogen and oxygen atoms in total. The van der Waals surface area contributed by atoms with Gasteiger partial charge in [-0.25, -0.2) is 4.79 Å². The topological polar surface area (TPSA) is 131 Å². The highest BCUT2D eigenvalue weighted by Crippen LogP contribution is 2.40. The van der Waals surface area contributed by atoms with E-state index in [0.717, 1.165) is 4.90 Å². The molecule has 2 aliphatic heterocycles. The van der Waals surface area contributed by atoms with Gasteiger partial charge in [-0.15, -0.1) is 11.8 Å². The van der Waals surface area contributed by atoms with Crippen LogP contribution in [0.5, 0.6) is 0 Å². The maximum absolute atomic E-state index is 12.5. The number of carboxylic acid groups (broad SMARTS) is 1. The Hall–Kier alpha value is -2.53. The summed E-state index contributed by atoms with van der Waals surface area (Å²) in [5, 5.41) is 15.5. The quantitative estimate of drug-likeness (QED) is 0.508. The van der Waals surface area contributed by atoms with Gasteiger partial charge in [-0.1, -0.05) is 11.6 Å². The molecule has 0 aromatic carbocycles. The van der Waals surface area contributed by atoms with E-state index < -0.39 is 35.2 Å². The van der Waals surface area contributed by atoms with Gasteiger partial charge in [0.1, 0.15) is 23.7 Å². The molecule has 12 heteroatoms. The maximum atomic E-state index is 12.5. The van der Waals surface area contributed by atoms with Crippen LogP contribution in [-0.4, -0.2) is 67.3 Å². The summed E-state index contributed by atoms with van der Waals surface area (Å²) in [7, 11) is 1.60. The number of hydrogen-bond donors (Lipinski definition) is 2. The lowest BCUT2D eigenvalue weighted by atomic mass is 10.0. The van der Waals surface area contributed by atoms with Crippen LogP contribution in [-0.2, 0) is 26.2 Å². The standard InChI is InChI=1S/C15H15ClN4O6S/c1-6(21)26-4-7-5-27-14-10(13(23)20(14)11(7)15(24)25)17-12(22)9-8(16)3-19(2)18-9/h3,10,14H,4-5H2,1-2H3,(H,17,22)(H,24,25)/t10-,14+/m0/s1. The number of esters is 1. The van der Waals surface area contributed by atoms with E-state index in [1.165, 1.54) is 29.6 Å². The van der Waals surface area contributed by atoms with Gasteiger partial charge in [0.15, 0.2) is 5.69 Å². The molecule has 1 fully saturated rings. The van der Waals surface area contributed by atoms with Gasteiger partial charge >= 0.3 is 11.9 Å². The molecule has 0 radical (unpaired) electrons. The summed E-state index contributed by atoms with van der Waals surface area (Å²) in [4.78, 5) is 48.5. The highest BCUT2D eigenvalue weighted by Gasteiger charge is 2.54. The van der Waals surface area contributed by atoms with E-state index in [1.54, 1.807) is 7.05 Å². The summed E-state index contributed by atoms with van der Waals surface area (Å²) in [6.07, 6.45) is 1.45. The number of aromatic nitrogens is 2. The van der Waals surface area contributed by atoms with E-state index in [2.05, 4.69) is 10.4 Å². The number of aryl methyl sites for hydroxylation is 1. The summed E-state index contributed by atoms with van der Waals surface area (Å²) in [6.45, 7) is 1.00. The molecule has 0 saturated carbocycles. The molecule has 0 unspecified atom stereocenters. The van der Waals surface area contributed by atoms with Crippen molar-refractivity contribution in [2.75, 3.05) is 12.4 Å². The lowest BCUT2D eigenvalue weighted by molar-refractivity contribution is -0.149. The van der Waals surface area contributed by atoms with Gasteiger partial charge in [0, 0.05) is 31.5 Å². The van der Waals surface area contributed by atoms with Crippen LogP contribution in [0.2, 0.25) is 5.02 Å². The SMILES string of the molecule is CC(=O)OCC1=C(C(=O)O)N2C(=O)[C@H](NC(=O)c3nn(C)cc3Cl)[C@H]2SC1. The molecule has 0 spiro atoms. The molecule has 0 aliphatic carbocycles. The zero-order chi connectivity index (χ0) is 19.9. The number of nitrogens with one attached hydrogen (secondary N) is 1. The maximum Gasteiger partial charge on any atom is 0.352 e. The number of β-lactam (4-membered cyclic amide) rings is 1. The minimum atomic E-state index is -1.30. The highest BCUT2D eigenvalue weighted by molar-refractivity contribution is 8.00. The second-order valence-corrected chi connectivity index (χ2v) is 7.41. The average Bonchev–Trinajstić information content (AvgIpc) is 2.94. The van der Waals surface area contributed by atoms with Gasteiger partial charge in [0.2, 0.25) is 0 Å². The van der Waals surface area contributed by atoms with Gasteiger partial charge in [0.25, 0.3) is 11.8 Å². The second-order valence-electron chi connectivity index (χ2n) is 5.90. The van der Waals surface area contributed by atoms with Gasteiger partial charge in [0.05, 0.1) is 5.02 Å². The highest BCUT2D eigenvalue weighted by atomic mass is 35.5. The number of halogens is 1. The van der Waals surface area contributed by atoms with Gasteiger partial charge in [-0.3, -0.25) is 24.0 Å². The van der Waals surface area contributed by atoms with E-state index in [-0.39, 0.29) is 28.8 Å². The third-order valence-electron chi connectivity index (χ3n) is 3.99. The summed E-state index contributed by atoms with van der Waals surface area (Å²) >= 11 is 7.20. The molecule has 3 rings (SSSR count). The third kappa shape index (κ3) is 3.52. The Balaban J connectivity index is 1.77. The van der Waals surface area contributed by atoms with Crippen molar-refractivity contribution in [1.82, 2.24) is 20.0 Å². The normalized spacial score (nSPS) is 21.4. The van der Waals surface area contributed by atoms with Crippen LogP contribution in [0, 0.1) is 0 Å². The fourth-order valence-corrected chi connectivity index (χ4v) is 4.40. The number of ether oxygens (including phenoxy) is 1. The average molecular weight is 415 g/mol. The predicted octanol–water partition coefficient (Wildman–Crippen LogP) is -0.0112. The Kier molecular flexibility index (Phi) is 5.16. The molecule has 27 heavy (non-hydrogen) atoms. The summed E-state index contributed by atoms with van der Waals surface area (Å²) in [5.74, 6) is -2.78. The Morgan fingerprint density at radius 3 is 2.74 bits per heavy atom. The lowest BCUT2D eigenvalue weighted by Gasteiger charge is -2.49. The van der Waals surface area contributed by atoms with Gasteiger partial charge in [-0.2, -0.15) is 5.10 Å². The zero-order valence-electron chi connectivity index (χ0n) is 14.3. The molecular formula is C15H15ClN4O6S. The van der Waals surface area contributed by atoms with Crippen molar-refractivity contribution in [1.29, 1.82) is 0 Å². The minimum Gasteiger partial charge on any atom is -0.477 e. The van der Waals surface area contributed by atoms with Crippen molar-refractivity contribution >= 4 is 47.1 Å². The first-order valence-corrected chi connectivity index (χ1v) is 9.16. The van der Waals surface area contributed by atoms with Crippen molar-refractivity contribution in [3.63, 3.8) is 0 Å². The molecule has 1 aromatic heterocycles. The van der Waals surface area contributed by atoms with Gasteiger partial charge < -0.3 is 15.2 Å².